The SMILES string of the molecule is CC.Cc1cc2c(s1)CCC(N(C)C)C2. The molecule has 1 aliphatic carbocycles. The third kappa shape index (κ3) is 3.05. The van der Waals surface area contributed by atoms with Crippen LogP contribution < -0.4 is 0 Å². The number of aryl methyl sites for hydroxylation is 2. The van der Waals surface area contributed by atoms with Gasteiger partial charge < -0.3 is 4.90 Å². The van der Waals surface area contributed by atoms with Gasteiger partial charge in [-0.15, -0.1) is 11.3 Å². The molecule has 0 saturated carbocycles. The molecule has 0 aromatic carbocycles. The van der Waals surface area contributed by atoms with Gasteiger partial charge >= 0.3 is 0 Å². The zero-order chi connectivity index (χ0) is 11.4. The van der Waals surface area contributed by atoms with E-state index in [1.807, 2.05) is 25.2 Å². The van der Waals surface area contributed by atoms with Crippen LogP contribution in [0.1, 0.15) is 35.6 Å². The van der Waals surface area contributed by atoms with E-state index in [2.05, 4.69) is 32.0 Å². The molecule has 0 radical (unpaired) electrons. The van der Waals surface area contributed by atoms with Crippen LogP contribution in [0, 0.1) is 6.92 Å². The molecule has 86 valence electrons. The second-order valence-electron chi connectivity index (χ2n) is 4.17. The van der Waals surface area contributed by atoms with Crippen LogP contribution in [0.2, 0.25) is 0 Å². The number of thiophene rings is 1. The van der Waals surface area contributed by atoms with Gasteiger partial charge in [0.1, 0.15) is 0 Å². The van der Waals surface area contributed by atoms with Crippen molar-refractivity contribution < 1.29 is 0 Å². The number of nitrogens with zero attached hydrogens (tertiary/aromatic N) is 1. The largest absolute Gasteiger partial charge is 0.306 e. The van der Waals surface area contributed by atoms with Crippen molar-refractivity contribution in [1.82, 2.24) is 4.90 Å². The summed E-state index contributed by atoms with van der Waals surface area (Å²) in [5.41, 5.74) is 1.60. The van der Waals surface area contributed by atoms with Crippen molar-refractivity contribution in [2.45, 2.75) is 46.1 Å². The van der Waals surface area contributed by atoms with Crippen molar-refractivity contribution in [3.8, 4) is 0 Å². The Labute approximate surface area is 98.1 Å². The summed E-state index contributed by atoms with van der Waals surface area (Å²) in [4.78, 5) is 5.47. The van der Waals surface area contributed by atoms with Crippen molar-refractivity contribution in [2.75, 3.05) is 14.1 Å². The number of fused-ring (bicyclic) bond motifs is 1. The lowest BCUT2D eigenvalue weighted by Crippen LogP contribution is -2.32. The maximum atomic E-state index is 2.37. The highest BCUT2D eigenvalue weighted by atomic mass is 32.1. The Kier molecular flexibility index (Phi) is 4.81. The van der Waals surface area contributed by atoms with Crippen LogP contribution in [0.4, 0.5) is 0 Å². The Hall–Kier alpha value is -0.340. The van der Waals surface area contributed by atoms with Gasteiger partial charge in [0.25, 0.3) is 0 Å². The number of rotatable bonds is 1. The minimum Gasteiger partial charge on any atom is -0.306 e. The Morgan fingerprint density at radius 2 is 2.00 bits per heavy atom. The summed E-state index contributed by atoms with van der Waals surface area (Å²) < 4.78 is 0. The maximum Gasteiger partial charge on any atom is 0.0133 e. The van der Waals surface area contributed by atoms with Crippen LogP contribution in [0.5, 0.6) is 0 Å². The minimum absolute atomic E-state index is 0.765. The fraction of sp³-hybridized carbons (Fsp3) is 0.692. The molecule has 0 amide bonds. The molecule has 0 spiro atoms. The Bertz CT molecular complexity index is 301. The second kappa shape index (κ2) is 5.66. The number of hydrogen-bond acceptors (Lipinski definition) is 2. The van der Waals surface area contributed by atoms with Crippen molar-refractivity contribution in [2.24, 2.45) is 0 Å². The van der Waals surface area contributed by atoms with Gasteiger partial charge in [0, 0.05) is 15.8 Å². The lowest BCUT2D eigenvalue weighted by Gasteiger charge is -2.27. The van der Waals surface area contributed by atoms with Gasteiger partial charge in [0.15, 0.2) is 0 Å². The van der Waals surface area contributed by atoms with Gasteiger partial charge in [-0.2, -0.15) is 0 Å². The van der Waals surface area contributed by atoms with Crippen molar-refractivity contribution in [3.63, 3.8) is 0 Å². The molecular weight excluding hydrogens is 202 g/mol. The van der Waals surface area contributed by atoms with Crippen LogP contribution in [0.25, 0.3) is 0 Å². The predicted molar refractivity (Wildman–Crippen MR) is 69.9 cm³/mol. The third-order valence-corrected chi connectivity index (χ3v) is 4.06. The monoisotopic (exact) mass is 225 g/mol. The minimum atomic E-state index is 0.765. The van der Waals surface area contributed by atoms with Crippen molar-refractivity contribution in [1.29, 1.82) is 0 Å². The molecule has 15 heavy (non-hydrogen) atoms. The van der Waals surface area contributed by atoms with Gasteiger partial charge in [-0.05, 0) is 51.9 Å². The maximum absolute atomic E-state index is 2.37. The normalized spacial score (nSPS) is 19.5. The van der Waals surface area contributed by atoms with E-state index < -0.39 is 0 Å². The summed E-state index contributed by atoms with van der Waals surface area (Å²) in [7, 11) is 4.38. The molecule has 1 atom stereocenters. The fourth-order valence-corrected chi connectivity index (χ4v) is 3.18. The molecule has 1 heterocycles. The average molecular weight is 225 g/mol. The average Bonchev–Trinajstić information content (AvgIpc) is 2.59. The van der Waals surface area contributed by atoms with E-state index in [0.717, 1.165) is 6.04 Å². The van der Waals surface area contributed by atoms with E-state index in [-0.39, 0.29) is 0 Å². The quantitative estimate of drug-likeness (QED) is 0.707. The van der Waals surface area contributed by atoms with Gasteiger partial charge in [-0.25, -0.2) is 0 Å². The molecule has 1 nitrogen and oxygen atoms in total. The lowest BCUT2D eigenvalue weighted by molar-refractivity contribution is 0.269. The zero-order valence-corrected chi connectivity index (χ0v) is 11.4. The van der Waals surface area contributed by atoms with E-state index in [1.165, 1.54) is 24.1 Å². The predicted octanol–water partition coefficient (Wildman–Crippen LogP) is 3.50. The molecule has 0 fully saturated rings. The van der Waals surface area contributed by atoms with Gasteiger partial charge in [-0.1, -0.05) is 13.8 Å². The van der Waals surface area contributed by atoms with Crippen molar-refractivity contribution in [3.05, 3.63) is 21.4 Å². The zero-order valence-electron chi connectivity index (χ0n) is 10.6. The molecule has 1 aliphatic rings. The van der Waals surface area contributed by atoms with Gasteiger partial charge in [0.2, 0.25) is 0 Å². The molecular formula is C13H23NS. The summed E-state index contributed by atoms with van der Waals surface area (Å²) in [6.45, 7) is 6.22. The van der Waals surface area contributed by atoms with E-state index in [9.17, 15) is 0 Å². The fourth-order valence-electron chi connectivity index (χ4n) is 2.09. The second-order valence-corrected chi connectivity index (χ2v) is 5.51. The smallest absolute Gasteiger partial charge is 0.0133 e. The van der Waals surface area contributed by atoms with Crippen LogP contribution in [0.15, 0.2) is 6.07 Å². The first kappa shape index (κ1) is 12.7. The third-order valence-electron chi connectivity index (χ3n) is 2.91. The van der Waals surface area contributed by atoms with Crippen LogP contribution in [-0.4, -0.2) is 25.0 Å². The lowest BCUT2D eigenvalue weighted by atomic mass is 9.94. The first-order valence-electron chi connectivity index (χ1n) is 5.91. The first-order chi connectivity index (χ1) is 7.16. The molecule has 0 aliphatic heterocycles. The molecule has 1 aromatic rings. The highest BCUT2D eigenvalue weighted by Crippen LogP contribution is 2.30. The summed E-state index contributed by atoms with van der Waals surface area (Å²) >= 11 is 1.99. The van der Waals surface area contributed by atoms with Crippen LogP contribution in [0.3, 0.4) is 0 Å². The van der Waals surface area contributed by atoms with E-state index >= 15 is 0 Å². The Balaban J connectivity index is 0.000000531. The van der Waals surface area contributed by atoms with E-state index in [0.29, 0.717) is 0 Å². The number of hydrogen-bond donors (Lipinski definition) is 0. The summed E-state index contributed by atoms with van der Waals surface area (Å²) in [5, 5.41) is 0. The molecule has 0 bridgehead atoms. The topological polar surface area (TPSA) is 3.24 Å². The van der Waals surface area contributed by atoms with Crippen LogP contribution >= 0.6 is 11.3 Å². The Morgan fingerprint density at radius 1 is 1.33 bits per heavy atom. The molecule has 0 saturated heterocycles. The summed E-state index contributed by atoms with van der Waals surface area (Å²) in [6.07, 6.45) is 3.88. The standard InChI is InChI=1S/C11H17NS.C2H6/c1-8-6-9-7-10(12(2)3)4-5-11(9)13-8;1-2/h6,10H,4-5,7H2,1-3H3;1-2H3. The molecule has 2 heteroatoms. The highest BCUT2D eigenvalue weighted by Gasteiger charge is 2.21. The van der Waals surface area contributed by atoms with Gasteiger partial charge in [0.05, 0.1) is 0 Å². The highest BCUT2D eigenvalue weighted by molar-refractivity contribution is 7.12. The van der Waals surface area contributed by atoms with E-state index in [4.69, 9.17) is 0 Å². The molecule has 0 N–H and O–H groups in total. The van der Waals surface area contributed by atoms with E-state index in [1.54, 1.807) is 10.4 Å². The van der Waals surface area contributed by atoms with Gasteiger partial charge in [-0.3, -0.25) is 0 Å². The molecule has 2 rings (SSSR count). The number of likely N-dealkylation sites (N-methyl/N-ethyl adjacent to an activating group) is 1. The summed E-state index contributed by atoms with van der Waals surface area (Å²) in [5.74, 6) is 0. The molecule has 1 unspecified atom stereocenters. The first-order valence-corrected chi connectivity index (χ1v) is 6.73. The molecule has 1 aromatic heterocycles. The van der Waals surface area contributed by atoms with Crippen molar-refractivity contribution >= 4 is 11.3 Å². The van der Waals surface area contributed by atoms with Crippen LogP contribution in [-0.2, 0) is 12.8 Å². The summed E-state index contributed by atoms with van der Waals surface area (Å²) in [6, 6.07) is 3.14. The Morgan fingerprint density at radius 3 is 2.60 bits per heavy atom.